The maximum atomic E-state index is 12.1. The van der Waals surface area contributed by atoms with Crippen molar-refractivity contribution in [3.8, 4) is 0 Å². The maximum absolute atomic E-state index is 12.1. The quantitative estimate of drug-likeness (QED) is 0.474. The number of aryl methyl sites for hydroxylation is 3. The van der Waals surface area contributed by atoms with Crippen LogP contribution in [0.1, 0.15) is 24.1 Å². The number of hydrogen-bond acceptors (Lipinski definition) is 0. The lowest BCUT2D eigenvalue weighted by Gasteiger charge is -1.90. The molecule has 0 spiro atoms. The van der Waals surface area contributed by atoms with Crippen molar-refractivity contribution in [3.63, 3.8) is 0 Å². The van der Waals surface area contributed by atoms with Crippen LogP contribution in [0.4, 0.5) is 4.39 Å². The minimum atomic E-state index is -0.171. The van der Waals surface area contributed by atoms with Gasteiger partial charge in [-0.2, -0.15) is 0 Å². The lowest BCUT2D eigenvalue weighted by molar-refractivity contribution is 0.627. The van der Waals surface area contributed by atoms with Gasteiger partial charge in [-0.05, 0) is 32.9 Å². The van der Waals surface area contributed by atoms with Crippen molar-refractivity contribution >= 4 is 0 Å². The van der Waals surface area contributed by atoms with Gasteiger partial charge in [0.15, 0.2) is 0 Å². The van der Waals surface area contributed by atoms with Gasteiger partial charge in [0.25, 0.3) is 0 Å². The molecule has 0 fully saturated rings. The van der Waals surface area contributed by atoms with Crippen LogP contribution in [-0.2, 0) is 0 Å². The van der Waals surface area contributed by atoms with Crippen LogP contribution >= 0.6 is 0 Å². The first kappa shape index (κ1) is 23.9. The van der Waals surface area contributed by atoms with Crippen LogP contribution < -0.4 is 0 Å². The number of benzene rings is 2. The Bertz CT molecular complexity index is 417. The molecule has 0 unspecified atom stereocenters. The van der Waals surface area contributed by atoms with E-state index in [1.54, 1.807) is 12.1 Å². The molecule has 2 aromatic rings. The summed E-state index contributed by atoms with van der Waals surface area (Å²) in [7, 11) is 0. The Kier molecular flexibility index (Phi) is 18.1. The Labute approximate surface area is 130 Å². The molecule has 0 atom stereocenters. The molecule has 116 valence electrons. The zero-order valence-electron chi connectivity index (χ0n) is 12.8. The average Bonchev–Trinajstić information content (AvgIpc) is 2.47. The standard InChI is InChI=1S/C8H10.C7H7F.2C2H4.CH4/c1-7-4-3-5-8(2)6-7;1-6-2-4-7(8)5-3-6;2*1-2;/h3-6H,1-2H3;2-5H,1H3;2*1-2H2;1H4. The first-order valence-corrected chi connectivity index (χ1v) is 6.33. The van der Waals surface area contributed by atoms with Crippen LogP contribution in [0.3, 0.4) is 0 Å². The third-order valence-corrected chi connectivity index (χ3v) is 2.18. The van der Waals surface area contributed by atoms with Crippen molar-refractivity contribution in [2.75, 3.05) is 0 Å². The topological polar surface area (TPSA) is 0 Å². The van der Waals surface area contributed by atoms with E-state index < -0.39 is 0 Å². The third kappa shape index (κ3) is 14.1. The van der Waals surface area contributed by atoms with Gasteiger partial charge in [-0.25, -0.2) is 4.39 Å². The van der Waals surface area contributed by atoms with Crippen LogP contribution in [0.2, 0.25) is 0 Å². The molecule has 2 rings (SSSR count). The summed E-state index contributed by atoms with van der Waals surface area (Å²) < 4.78 is 12.1. The summed E-state index contributed by atoms with van der Waals surface area (Å²) in [5.74, 6) is -0.171. The van der Waals surface area contributed by atoms with Crippen molar-refractivity contribution in [2.24, 2.45) is 0 Å². The van der Waals surface area contributed by atoms with E-state index in [1.165, 1.54) is 23.3 Å². The molecule has 0 heterocycles. The van der Waals surface area contributed by atoms with Crippen molar-refractivity contribution in [2.45, 2.75) is 28.2 Å². The molecule has 0 aliphatic carbocycles. The van der Waals surface area contributed by atoms with Gasteiger partial charge in [0.1, 0.15) is 5.82 Å². The third-order valence-electron chi connectivity index (χ3n) is 2.18. The largest absolute Gasteiger partial charge is 0.207 e. The monoisotopic (exact) mass is 288 g/mol. The van der Waals surface area contributed by atoms with E-state index in [-0.39, 0.29) is 13.2 Å². The lowest BCUT2D eigenvalue weighted by atomic mass is 10.2. The van der Waals surface area contributed by atoms with E-state index in [2.05, 4.69) is 64.4 Å². The van der Waals surface area contributed by atoms with E-state index in [9.17, 15) is 4.39 Å². The summed E-state index contributed by atoms with van der Waals surface area (Å²) in [6.45, 7) is 18.1. The first-order chi connectivity index (χ1) is 9.58. The fraction of sp³-hybridized carbons (Fsp3) is 0.200. The second kappa shape index (κ2) is 15.9. The van der Waals surface area contributed by atoms with Gasteiger partial charge in [-0.3, -0.25) is 0 Å². The second-order valence-electron chi connectivity index (χ2n) is 3.95. The zero-order chi connectivity index (χ0) is 16.0. The summed E-state index contributed by atoms with van der Waals surface area (Å²) >= 11 is 0. The Balaban J connectivity index is -0.000000240. The van der Waals surface area contributed by atoms with Gasteiger partial charge in [-0.15, -0.1) is 26.3 Å². The normalized spacial score (nSPS) is 7.43. The van der Waals surface area contributed by atoms with Crippen molar-refractivity contribution in [1.82, 2.24) is 0 Å². The molecule has 0 saturated carbocycles. The number of rotatable bonds is 0. The van der Waals surface area contributed by atoms with Crippen LogP contribution in [0, 0.1) is 26.6 Å². The lowest BCUT2D eigenvalue weighted by Crippen LogP contribution is -1.71. The number of halogens is 1. The predicted molar refractivity (Wildman–Crippen MR) is 96.3 cm³/mol. The second-order valence-corrected chi connectivity index (χ2v) is 3.95. The summed E-state index contributed by atoms with van der Waals surface area (Å²) in [6, 6.07) is 14.8. The van der Waals surface area contributed by atoms with E-state index in [0.717, 1.165) is 5.56 Å². The molecular formula is C20H29F. The van der Waals surface area contributed by atoms with Crippen LogP contribution in [0.15, 0.2) is 74.8 Å². The molecule has 1 heteroatoms. The predicted octanol–water partition coefficient (Wildman–Crippen LogP) is 6.68. The molecule has 0 amide bonds. The Morgan fingerprint density at radius 1 is 0.667 bits per heavy atom. The Morgan fingerprint density at radius 2 is 1.05 bits per heavy atom. The van der Waals surface area contributed by atoms with Crippen LogP contribution in [0.25, 0.3) is 0 Å². The van der Waals surface area contributed by atoms with E-state index in [0.29, 0.717) is 0 Å². The van der Waals surface area contributed by atoms with Gasteiger partial charge in [-0.1, -0.05) is 60.5 Å². The molecule has 0 aliphatic heterocycles. The Morgan fingerprint density at radius 3 is 1.29 bits per heavy atom. The molecule has 0 nitrogen and oxygen atoms in total. The minimum Gasteiger partial charge on any atom is -0.207 e. The summed E-state index contributed by atoms with van der Waals surface area (Å²) in [6.07, 6.45) is 0. The first-order valence-electron chi connectivity index (χ1n) is 6.33. The van der Waals surface area contributed by atoms with Crippen LogP contribution in [0.5, 0.6) is 0 Å². The molecule has 21 heavy (non-hydrogen) atoms. The van der Waals surface area contributed by atoms with Crippen molar-refractivity contribution < 1.29 is 4.39 Å². The fourth-order valence-corrected chi connectivity index (χ4v) is 1.34. The fourth-order valence-electron chi connectivity index (χ4n) is 1.34. The van der Waals surface area contributed by atoms with Gasteiger partial charge in [0.05, 0.1) is 0 Å². The van der Waals surface area contributed by atoms with Gasteiger partial charge >= 0.3 is 0 Å². The van der Waals surface area contributed by atoms with E-state index >= 15 is 0 Å². The molecular weight excluding hydrogens is 259 g/mol. The average molecular weight is 288 g/mol. The van der Waals surface area contributed by atoms with Gasteiger partial charge < -0.3 is 0 Å². The molecule has 0 aromatic heterocycles. The van der Waals surface area contributed by atoms with Crippen LogP contribution in [-0.4, -0.2) is 0 Å². The highest BCUT2D eigenvalue weighted by molar-refractivity contribution is 5.20. The maximum Gasteiger partial charge on any atom is 0.123 e. The molecule has 0 radical (unpaired) electrons. The summed E-state index contributed by atoms with van der Waals surface area (Å²) in [4.78, 5) is 0. The van der Waals surface area contributed by atoms with Gasteiger partial charge in [0.2, 0.25) is 0 Å². The SMILES string of the molecule is C.C=C.C=C.Cc1ccc(F)cc1.Cc1cccc(C)c1. The highest BCUT2D eigenvalue weighted by Gasteiger charge is 1.83. The molecule has 0 bridgehead atoms. The summed E-state index contributed by atoms with van der Waals surface area (Å²) in [5.41, 5.74) is 3.77. The van der Waals surface area contributed by atoms with Gasteiger partial charge in [0, 0.05) is 0 Å². The highest BCUT2D eigenvalue weighted by atomic mass is 19.1. The molecule has 0 N–H and O–H groups in total. The Hall–Kier alpha value is -2.15. The minimum absolute atomic E-state index is 0. The molecule has 2 aromatic carbocycles. The number of hydrogen-bond donors (Lipinski definition) is 0. The van der Waals surface area contributed by atoms with E-state index in [1.807, 2.05) is 6.92 Å². The smallest absolute Gasteiger partial charge is 0.123 e. The molecule has 0 saturated heterocycles. The zero-order valence-corrected chi connectivity index (χ0v) is 12.8. The summed E-state index contributed by atoms with van der Waals surface area (Å²) in [5, 5.41) is 0. The molecule has 0 aliphatic rings. The van der Waals surface area contributed by atoms with E-state index in [4.69, 9.17) is 0 Å². The highest BCUT2D eigenvalue weighted by Crippen LogP contribution is 2.00. The van der Waals surface area contributed by atoms with Crippen molar-refractivity contribution in [3.05, 3.63) is 97.4 Å². The van der Waals surface area contributed by atoms with Crippen molar-refractivity contribution in [1.29, 1.82) is 0 Å².